The third kappa shape index (κ3) is 5.23. The lowest BCUT2D eigenvalue weighted by molar-refractivity contribution is -0.204. The smallest absolute Gasteiger partial charge is 0.407 e. The number of hydrogen-bond donors (Lipinski definition) is 2. The maximum absolute atomic E-state index is 12.9. The lowest BCUT2D eigenvalue weighted by Gasteiger charge is -2.64. The summed E-state index contributed by atoms with van der Waals surface area (Å²) in [7, 11) is 0. The molecule has 8 atom stereocenters. The first-order valence-corrected chi connectivity index (χ1v) is 15.8. The van der Waals surface area contributed by atoms with Gasteiger partial charge in [-0.05, 0) is 118 Å². The summed E-state index contributed by atoms with van der Waals surface area (Å²) in [6.45, 7) is 13.9. The van der Waals surface area contributed by atoms with Crippen LogP contribution >= 0.6 is 0 Å². The van der Waals surface area contributed by atoms with E-state index in [-0.39, 0.29) is 17.1 Å². The Hall–Kier alpha value is -0.770. The van der Waals surface area contributed by atoms with Crippen LogP contribution in [0, 0.1) is 46.3 Å². The summed E-state index contributed by atoms with van der Waals surface area (Å²) < 4.78 is 6.49. The number of fused-ring (bicyclic) bond motifs is 5. The fourth-order valence-electron chi connectivity index (χ4n) is 10.1. The van der Waals surface area contributed by atoms with Crippen LogP contribution in [0.4, 0.5) is 4.79 Å². The van der Waals surface area contributed by atoms with E-state index in [2.05, 4.69) is 39.9 Å². The van der Waals surface area contributed by atoms with Crippen molar-refractivity contribution >= 4 is 6.09 Å². The molecule has 0 radical (unpaired) electrons. The normalized spacial score (nSPS) is 40.8. The molecule has 0 saturated heterocycles. The summed E-state index contributed by atoms with van der Waals surface area (Å²) in [5.74, 6) is 4.99. The van der Waals surface area contributed by atoms with Crippen molar-refractivity contribution in [3.8, 4) is 0 Å². The predicted octanol–water partition coefficient (Wildman–Crippen LogP) is 8.09. The van der Waals surface area contributed by atoms with E-state index < -0.39 is 0 Å². The Bertz CT molecular complexity index is 740. The number of carbonyl (C=O) groups excluding carboxylic acids is 1. The van der Waals surface area contributed by atoms with Crippen molar-refractivity contribution < 1.29 is 9.53 Å². The van der Waals surface area contributed by atoms with Gasteiger partial charge in [-0.2, -0.15) is 0 Å². The van der Waals surface area contributed by atoms with Gasteiger partial charge in [-0.15, -0.1) is 0 Å². The molecule has 0 aromatic carbocycles. The van der Waals surface area contributed by atoms with Crippen molar-refractivity contribution in [2.75, 3.05) is 13.1 Å². The number of nitrogens with one attached hydrogen (secondary N) is 1. The van der Waals surface area contributed by atoms with Crippen LogP contribution in [0.3, 0.4) is 0 Å². The molecule has 1 amide bonds. The summed E-state index contributed by atoms with van der Waals surface area (Å²) in [5, 5.41) is 3.05. The van der Waals surface area contributed by atoms with Gasteiger partial charge in [0.1, 0.15) is 5.60 Å². The molecule has 0 spiro atoms. The second kappa shape index (κ2) is 11.5. The van der Waals surface area contributed by atoms with Crippen LogP contribution in [-0.2, 0) is 4.74 Å². The number of alkyl carbamates (subject to hydrolysis) is 1. The van der Waals surface area contributed by atoms with Crippen molar-refractivity contribution in [1.29, 1.82) is 0 Å². The molecule has 208 valence electrons. The average molecular weight is 503 g/mol. The number of ether oxygens (including phenoxy) is 1. The first kappa shape index (κ1) is 28.2. The van der Waals surface area contributed by atoms with Gasteiger partial charge < -0.3 is 15.8 Å². The van der Waals surface area contributed by atoms with Gasteiger partial charge in [-0.25, -0.2) is 4.79 Å². The number of hydrogen-bond acceptors (Lipinski definition) is 3. The third-order valence-corrected chi connectivity index (χ3v) is 12.1. The van der Waals surface area contributed by atoms with Crippen molar-refractivity contribution in [3.05, 3.63) is 0 Å². The zero-order valence-electron chi connectivity index (χ0n) is 24.4. The number of nitrogens with two attached hydrogens (primary N) is 1. The van der Waals surface area contributed by atoms with E-state index in [4.69, 9.17) is 10.5 Å². The van der Waals surface area contributed by atoms with Crippen molar-refractivity contribution in [2.24, 2.45) is 52.1 Å². The molecule has 4 heteroatoms. The minimum atomic E-state index is -0.264. The molecule has 0 aromatic heterocycles. The molecule has 0 heterocycles. The van der Waals surface area contributed by atoms with E-state index in [0.717, 1.165) is 55.3 Å². The van der Waals surface area contributed by atoms with Crippen LogP contribution in [0.2, 0.25) is 0 Å². The lowest BCUT2D eigenvalue weighted by Crippen LogP contribution is -2.63. The molecule has 4 fully saturated rings. The zero-order valence-corrected chi connectivity index (χ0v) is 24.4. The van der Waals surface area contributed by atoms with Crippen LogP contribution in [-0.4, -0.2) is 24.8 Å². The van der Waals surface area contributed by atoms with Gasteiger partial charge in [0.2, 0.25) is 0 Å². The molecule has 4 aliphatic rings. The number of unbranched alkanes of at least 4 members (excludes halogenated alkanes) is 1. The topological polar surface area (TPSA) is 64.3 Å². The Labute approximate surface area is 222 Å². The Morgan fingerprint density at radius 2 is 1.69 bits per heavy atom. The summed E-state index contributed by atoms with van der Waals surface area (Å²) in [6, 6.07) is 0. The van der Waals surface area contributed by atoms with Crippen LogP contribution in [0.1, 0.15) is 131 Å². The fourth-order valence-corrected chi connectivity index (χ4v) is 10.1. The monoisotopic (exact) mass is 502 g/mol. The van der Waals surface area contributed by atoms with E-state index in [1.54, 1.807) is 0 Å². The summed E-state index contributed by atoms with van der Waals surface area (Å²) in [6.07, 6.45) is 18.6. The van der Waals surface area contributed by atoms with Crippen LogP contribution < -0.4 is 11.1 Å². The minimum absolute atomic E-state index is 0.130. The van der Waals surface area contributed by atoms with Crippen LogP contribution in [0.5, 0.6) is 0 Å². The van der Waals surface area contributed by atoms with E-state index in [9.17, 15) is 4.79 Å². The molecule has 1 unspecified atom stereocenters. The van der Waals surface area contributed by atoms with Gasteiger partial charge in [0.15, 0.2) is 0 Å². The molecule has 4 saturated carbocycles. The van der Waals surface area contributed by atoms with E-state index >= 15 is 0 Å². The van der Waals surface area contributed by atoms with Crippen LogP contribution in [0.25, 0.3) is 0 Å². The second-order valence-corrected chi connectivity index (χ2v) is 14.4. The van der Waals surface area contributed by atoms with Gasteiger partial charge in [-0.3, -0.25) is 0 Å². The SMILES string of the molecule is CC(C)CCC[C@@H](C)[C@H]1CC[C@H]2[C@@H]3CCC4(OC(=O)NCCCCN)CCCC[C@]4(C)[C@H]3CC[C@]12C. The van der Waals surface area contributed by atoms with Crippen LogP contribution in [0.15, 0.2) is 0 Å². The number of amides is 1. The molecule has 0 aliphatic heterocycles. The highest BCUT2D eigenvalue weighted by Crippen LogP contribution is 2.69. The van der Waals surface area contributed by atoms with Crippen molar-refractivity contribution in [2.45, 2.75) is 137 Å². The zero-order chi connectivity index (χ0) is 26.0. The number of rotatable bonds is 10. The second-order valence-electron chi connectivity index (χ2n) is 14.4. The van der Waals surface area contributed by atoms with E-state index in [1.165, 1.54) is 70.6 Å². The molecule has 4 nitrogen and oxygen atoms in total. The minimum Gasteiger partial charge on any atom is -0.442 e. The highest BCUT2D eigenvalue weighted by Gasteiger charge is 2.65. The molecule has 0 bridgehead atoms. The summed E-state index contributed by atoms with van der Waals surface area (Å²) in [5.41, 5.74) is 6.00. The molecular weight excluding hydrogens is 444 g/mol. The Balaban J connectivity index is 1.46. The van der Waals surface area contributed by atoms with Crippen molar-refractivity contribution in [1.82, 2.24) is 5.32 Å². The predicted molar refractivity (Wildman–Crippen MR) is 150 cm³/mol. The molecule has 3 N–H and O–H groups in total. The first-order chi connectivity index (χ1) is 17.2. The molecule has 36 heavy (non-hydrogen) atoms. The highest BCUT2D eigenvalue weighted by atomic mass is 16.6. The lowest BCUT2D eigenvalue weighted by atomic mass is 9.43. The summed E-state index contributed by atoms with van der Waals surface area (Å²) in [4.78, 5) is 12.9. The maximum atomic E-state index is 12.9. The number of carbonyl (C=O) groups is 1. The third-order valence-electron chi connectivity index (χ3n) is 12.1. The first-order valence-electron chi connectivity index (χ1n) is 15.8. The fraction of sp³-hybridized carbons (Fsp3) is 0.969. The molecule has 4 aliphatic carbocycles. The molecule has 4 rings (SSSR count). The largest absolute Gasteiger partial charge is 0.442 e. The highest BCUT2D eigenvalue weighted by molar-refractivity contribution is 5.68. The Morgan fingerprint density at radius 1 is 0.917 bits per heavy atom. The van der Waals surface area contributed by atoms with Gasteiger partial charge in [0, 0.05) is 12.0 Å². The Kier molecular flexibility index (Phi) is 9.05. The Morgan fingerprint density at radius 3 is 2.44 bits per heavy atom. The van der Waals surface area contributed by atoms with Gasteiger partial charge in [-0.1, -0.05) is 60.3 Å². The summed E-state index contributed by atoms with van der Waals surface area (Å²) >= 11 is 0. The standard InChI is InChI=1S/C32H58N2O2/c1-23(2)11-10-12-24(3)26-13-14-27-25-15-20-32(36-29(35)34-22-9-8-21-33)18-7-6-17-31(32,5)28(25)16-19-30(26,27)4/h23-28H,6-22,33H2,1-5H3,(H,34,35)/t24-,25+,26-,27+,28+,30-,31-,32?/m1/s1. The maximum Gasteiger partial charge on any atom is 0.407 e. The molecular formula is C32H58N2O2. The quantitative estimate of drug-likeness (QED) is 0.297. The van der Waals surface area contributed by atoms with E-state index in [0.29, 0.717) is 24.4 Å². The van der Waals surface area contributed by atoms with Gasteiger partial charge in [0.25, 0.3) is 0 Å². The van der Waals surface area contributed by atoms with E-state index in [1.807, 2.05) is 0 Å². The molecule has 0 aromatic rings. The van der Waals surface area contributed by atoms with Gasteiger partial charge >= 0.3 is 6.09 Å². The van der Waals surface area contributed by atoms with Crippen molar-refractivity contribution in [3.63, 3.8) is 0 Å². The van der Waals surface area contributed by atoms with Gasteiger partial charge in [0.05, 0.1) is 0 Å². The average Bonchev–Trinajstić information content (AvgIpc) is 3.19.